The van der Waals surface area contributed by atoms with Crippen LogP contribution >= 0.6 is 0 Å². The number of hydrogen-bond acceptors (Lipinski definition) is 4. The smallest absolute Gasteiger partial charge is 0.101 e. The Bertz CT molecular complexity index is 440. The van der Waals surface area contributed by atoms with Crippen molar-refractivity contribution in [1.29, 1.82) is 5.26 Å². The molecule has 4 nitrogen and oxygen atoms in total. The first-order valence-corrected chi connectivity index (χ1v) is 5.72. The molecule has 0 bridgehead atoms. The number of aliphatic hydroxyl groups excluding tert-OH is 1. The summed E-state index contributed by atoms with van der Waals surface area (Å²) in [6, 6.07) is 8.00. The summed E-state index contributed by atoms with van der Waals surface area (Å²) in [5.74, 6) is 0. The van der Waals surface area contributed by atoms with E-state index in [1.807, 2.05) is 25.1 Å². The lowest BCUT2D eigenvalue weighted by atomic mass is 10.1. The van der Waals surface area contributed by atoms with E-state index in [0.29, 0.717) is 18.7 Å². The largest absolute Gasteiger partial charge is 0.394 e. The van der Waals surface area contributed by atoms with Crippen LogP contribution in [0, 0.1) is 18.3 Å². The maximum Gasteiger partial charge on any atom is 0.101 e. The Labute approximate surface area is 101 Å². The van der Waals surface area contributed by atoms with Crippen LogP contribution in [-0.4, -0.2) is 37.5 Å². The molecule has 17 heavy (non-hydrogen) atoms. The van der Waals surface area contributed by atoms with Gasteiger partial charge in [0.25, 0.3) is 0 Å². The molecule has 0 aromatic heterocycles. The van der Waals surface area contributed by atoms with Gasteiger partial charge in [-0.15, -0.1) is 0 Å². The van der Waals surface area contributed by atoms with Crippen molar-refractivity contribution in [3.8, 4) is 6.07 Å². The number of morpholine rings is 1. The summed E-state index contributed by atoms with van der Waals surface area (Å²) < 4.78 is 5.41. The molecule has 0 aliphatic carbocycles. The third kappa shape index (κ3) is 2.57. The standard InChI is InChI=1S/C13H16N2O2/c1-10-2-3-11(7-14)13(6-10)15-4-5-17-12(8-15)9-16/h2-3,6,12,16H,4-5,8-9H2,1H3. The average molecular weight is 232 g/mol. The van der Waals surface area contributed by atoms with Gasteiger partial charge in [-0.05, 0) is 24.6 Å². The van der Waals surface area contributed by atoms with Crippen LogP contribution in [0.4, 0.5) is 5.69 Å². The molecule has 1 atom stereocenters. The maximum atomic E-state index is 9.12. The minimum absolute atomic E-state index is 0.0181. The van der Waals surface area contributed by atoms with Gasteiger partial charge in [-0.25, -0.2) is 0 Å². The minimum atomic E-state index is -0.157. The van der Waals surface area contributed by atoms with Crippen LogP contribution in [0.3, 0.4) is 0 Å². The van der Waals surface area contributed by atoms with E-state index in [0.717, 1.165) is 17.8 Å². The summed E-state index contributed by atoms with van der Waals surface area (Å²) in [6.07, 6.45) is -0.157. The fourth-order valence-electron chi connectivity index (χ4n) is 2.05. The van der Waals surface area contributed by atoms with Crippen LogP contribution < -0.4 is 4.90 Å². The second-order valence-corrected chi connectivity index (χ2v) is 4.25. The van der Waals surface area contributed by atoms with E-state index in [9.17, 15) is 0 Å². The van der Waals surface area contributed by atoms with E-state index in [2.05, 4.69) is 11.0 Å². The van der Waals surface area contributed by atoms with Crippen molar-refractivity contribution < 1.29 is 9.84 Å². The lowest BCUT2D eigenvalue weighted by Crippen LogP contribution is -2.44. The van der Waals surface area contributed by atoms with Crippen molar-refractivity contribution in [1.82, 2.24) is 0 Å². The molecule has 0 saturated carbocycles. The van der Waals surface area contributed by atoms with Gasteiger partial charge in [0.1, 0.15) is 6.07 Å². The average Bonchev–Trinajstić information content (AvgIpc) is 2.39. The minimum Gasteiger partial charge on any atom is -0.394 e. The van der Waals surface area contributed by atoms with Gasteiger partial charge in [-0.1, -0.05) is 6.07 Å². The Morgan fingerprint density at radius 2 is 2.41 bits per heavy atom. The molecule has 1 aromatic rings. The Balaban J connectivity index is 2.27. The highest BCUT2D eigenvalue weighted by atomic mass is 16.5. The van der Waals surface area contributed by atoms with Gasteiger partial charge in [0, 0.05) is 13.1 Å². The molecule has 1 unspecified atom stereocenters. The quantitative estimate of drug-likeness (QED) is 0.828. The van der Waals surface area contributed by atoms with E-state index < -0.39 is 0 Å². The molecule has 0 amide bonds. The van der Waals surface area contributed by atoms with Crippen LogP contribution in [-0.2, 0) is 4.74 Å². The number of rotatable bonds is 2. The summed E-state index contributed by atoms with van der Waals surface area (Å²) in [5.41, 5.74) is 2.74. The molecule has 1 fully saturated rings. The van der Waals surface area contributed by atoms with E-state index in [-0.39, 0.29) is 12.7 Å². The van der Waals surface area contributed by atoms with Gasteiger partial charge in [0.05, 0.1) is 30.6 Å². The normalized spacial score (nSPS) is 20.1. The second-order valence-electron chi connectivity index (χ2n) is 4.25. The first-order chi connectivity index (χ1) is 8.24. The van der Waals surface area contributed by atoms with E-state index in [1.54, 1.807) is 0 Å². The predicted molar refractivity (Wildman–Crippen MR) is 64.9 cm³/mol. The highest BCUT2D eigenvalue weighted by molar-refractivity contribution is 5.61. The summed E-state index contributed by atoms with van der Waals surface area (Å²) in [5, 5.41) is 18.2. The molecule has 4 heteroatoms. The van der Waals surface area contributed by atoms with Gasteiger partial charge in [0.15, 0.2) is 0 Å². The van der Waals surface area contributed by atoms with Gasteiger partial charge in [-0.2, -0.15) is 5.26 Å². The summed E-state index contributed by atoms with van der Waals surface area (Å²) in [7, 11) is 0. The van der Waals surface area contributed by atoms with Gasteiger partial charge >= 0.3 is 0 Å². The SMILES string of the molecule is Cc1ccc(C#N)c(N2CCOC(CO)C2)c1. The molecule has 90 valence electrons. The summed E-state index contributed by atoms with van der Waals surface area (Å²) in [4.78, 5) is 2.11. The Hall–Kier alpha value is -1.57. The highest BCUT2D eigenvalue weighted by Crippen LogP contribution is 2.23. The Kier molecular flexibility index (Phi) is 3.62. The fourth-order valence-corrected chi connectivity index (χ4v) is 2.05. The molecule has 1 aliphatic rings. The van der Waals surface area contributed by atoms with Gasteiger partial charge in [-0.3, -0.25) is 0 Å². The molecule has 1 aliphatic heterocycles. The topological polar surface area (TPSA) is 56.5 Å². The molecule has 1 heterocycles. The lowest BCUT2D eigenvalue weighted by molar-refractivity contribution is 0.00355. The van der Waals surface area contributed by atoms with Crippen molar-refractivity contribution in [2.24, 2.45) is 0 Å². The van der Waals surface area contributed by atoms with Crippen LogP contribution in [0.25, 0.3) is 0 Å². The number of nitriles is 1. The van der Waals surface area contributed by atoms with Crippen molar-refractivity contribution in [2.75, 3.05) is 31.2 Å². The van der Waals surface area contributed by atoms with Crippen LogP contribution in [0.15, 0.2) is 18.2 Å². The Morgan fingerprint density at radius 1 is 1.59 bits per heavy atom. The zero-order chi connectivity index (χ0) is 12.3. The van der Waals surface area contributed by atoms with E-state index in [1.165, 1.54) is 0 Å². The maximum absolute atomic E-state index is 9.12. The highest BCUT2D eigenvalue weighted by Gasteiger charge is 2.21. The number of ether oxygens (including phenoxy) is 1. The third-order valence-electron chi connectivity index (χ3n) is 2.96. The van der Waals surface area contributed by atoms with Gasteiger partial charge < -0.3 is 14.7 Å². The van der Waals surface area contributed by atoms with Crippen LogP contribution in [0.2, 0.25) is 0 Å². The number of nitrogens with zero attached hydrogens (tertiary/aromatic N) is 2. The fraction of sp³-hybridized carbons (Fsp3) is 0.462. The molecule has 1 aromatic carbocycles. The molecule has 1 saturated heterocycles. The van der Waals surface area contributed by atoms with E-state index >= 15 is 0 Å². The third-order valence-corrected chi connectivity index (χ3v) is 2.96. The Morgan fingerprint density at radius 3 is 3.12 bits per heavy atom. The number of anilines is 1. The van der Waals surface area contributed by atoms with Crippen molar-refractivity contribution >= 4 is 5.69 Å². The second kappa shape index (κ2) is 5.17. The summed E-state index contributed by atoms with van der Waals surface area (Å²) >= 11 is 0. The summed E-state index contributed by atoms with van der Waals surface area (Å²) in [6.45, 7) is 4.01. The molecule has 1 N–H and O–H groups in total. The number of aliphatic hydroxyl groups is 1. The first-order valence-electron chi connectivity index (χ1n) is 5.72. The lowest BCUT2D eigenvalue weighted by Gasteiger charge is -2.34. The zero-order valence-electron chi connectivity index (χ0n) is 9.89. The van der Waals surface area contributed by atoms with Crippen molar-refractivity contribution in [3.63, 3.8) is 0 Å². The van der Waals surface area contributed by atoms with E-state index in [4.69, 9.17) is 15.1 Å². The monoisotopic (exact) mass is 232 g/mol. The van der Waals surface area contributed by atoms with Crippen LogP contribution in [0.5, 0.6) is 0 Å². The predicted octanol–water partition coefficient (Wildman–Crippen LogP) is 1.06. The number of benzene rings is 1. The first kappa shape index (κ1) is 11.9. The van der Waals surface area contributed by atoms with Gasteiger partial charge in [0.2, 0.25) is 0 Å². The molecular weight excluding hydrogens is 216 g/mol. The molecule has 2 rings (SSSR count). The molecule has 0 radical (unpaired) electrons. The number of hydrogen-bond donors (Lipinski definition) is 1. The number of aryl methyl sites for hydroxylation is 1. The zero-order valence-corrected chi connectivity index (χ0v) is 9.89. The van der Waals surface area contributed by atoms with Crippen LogP contribution in [0.1, 0.15) is 11.1 Å². The molecular formula is C13H16N2O2. The van der Waals surface area contributed by atoms with Crippen molar-refractivity contribution in [3.05, 3.63) is 29.3 Å². The van der Waals surface area contributed by atoms with Crippen molar-refractivity contribution in [2.45, 2.75) is 13.0 Å². The molecule has 0 spiro atoms.